The summed E-state index contributed by atoms with van der Waals surface area (Å²) in [6, 6.07) is 9.52. The molecule has 36 heavy (non-hydrogen) atoms. The number of amides is 2. The molecule has 0 fully saturated rings. The van der Waals surface area contributed by atoms with Gasteiger partial charge in [0.1, 0.15) is 18.1 Å². The van der Waals surface area contributed by atoms with Crippen molar-refractivity contribution in [3.05, 3.63) is 59.9 Å². The first kappa shape index (κ1) is 26.6. The van der Waals surface area contributed by atoms with E-state index in [1.807, 2.05) is 50.3 Å². The van der Waals surface area contributed by atoms with Gasteiger partial charge < -0.3 is 20.7 Å². The number of allylic oxidation sites excluding steroid dienone is 1. The molecule has 0 aliphatic carbocycles. The van der Waals surface area contributed by atoms with Gasteiger partial charge in [0.2, 0.25) is 0 Å². The fourth-order valence-electron chi connectivity index (χ4n) is 3.66. The Labute approximate surface area is 210 Å². The van der Waals surface area contributed by atoms with E-state index in [9.17, 15) is 9.59 Å². The number of aliphatic imine (C=N–C) groups is 1. The lowest BCUT2D eigenvalue weighted by atomic mass is 10.1. The second kappa shape index (κ2) is 13.1. The molecule has 0 aliphatic heterocycles. The van der Waals surface area contributed by atoms with Crippen molar-refractivity contribution in [2.75, 3.05) is 31.2 Å². The van der Waals surface area contributed by atoms with Crippen LogP contribution in [0.15, 0.2) is 59.4 Å². The van der Waals surface area contributed by atoms with E-state index in [4.69, 9.17) is 10.5 Å². The van der Waals surface area contributed by atoms with Crippen LogP contribution in [0.4, 0.5) is 11.5 Å². The number of hydrogen-bond acceptors (Lipinski definition) is 7. The summed E-state index contributed by atoms with van der Waals surface area (Å²) in [6.45, 7) is 5.37. The highest BCUT2D eigenvalue weighted by Crippen LogP contribution is 2.25. The SMILES string of the molecule is CC/C=C(\C=NC)CN(Cc1ccccc1)C(=O)C(=O)Nc1cnc(N)c2cn(COCCC)nc12. The molecule has 1 aromatic carbocycles. The maximum Gasteiger partial charge on any atom is 0.314 e. The zero-order chi connectivity index (χ0) is 25.9. The minimum absolute atomic E-state index is 0.241. The lowest BCUT2D eigenvalue weighted by Gasteiger charge is -2.23. The molecule has 190 valence electrons. The van der Waals surface area contributed by atoms with Gasteiger partial charge in [0.05, 0.1) is 17.3 Å². The van der Waals surface area contributed by atoms with Crippen LogP contribution >= 0.6 is 0 Å². The van der Waals surface area contributed by atoms with Gasteiger partial charge in [-0.05, 0) is 24.0 Å². The summed E-state index contributed by atoms with van der Waals surface area (Å²) in [6.07, 6.45) is 8.46. The molecule has 0 radical (unpaired) electrons. The Morgan fingerprint density at radius 2 is 2.03 bits per heavy atom. The summed E-state index contributed by atoms with van der Waals surface area (Å²) >= 11 is 0. The van der Waals surface area contributed by atoms with E-state index >= 15 is 0 Å². The Bertz CT molecular complexity index is 1240. The summed E-state index contributed by atoms with van der Waals surface area (Å²) in [7, 11) is 1.67. The molecule has 2 amide bonds. The third-order valence-electron chi connectivity index (χ3n) is 5.28. The maximum absolute atomic E-state index is 13.3. The second-order valence-corrected chi connectivity index (χ2v) is 8.20. The Balaban J connectivity index is 1.85. The minimum atomic E-state index is -0.792. The highest BCUT2D eigenvalue weighted by atomic mass is 16.5. The lowest BCUT2D eigenvalue weighted by Crippen LogP contribution is -2.40. The van der Waals surface area contributed by atoms with Crippen LogP contribution in [0.5, 0.6) is 0 Å². The number of pyridine rings is 1. The molecule has 2 heterocycles. The van der Waals surface area contributed by atoms with E-state index in [-0.39, 0.29) is 25.6 Å². The van der Waals surface area contributed by atoms with E-state index in [2.05, 4.69) is 20.4 Å². The van der Waals surface area contributed by atoms with Crippen LogP contribution in [0.1, 0.15) is 32.3 Å². The zero-order valence-corrected chi connectivity index (χ0v) is 21.0. The number of fused-ring (bicyclic) bond motifs is 1. The molecule has 3 rings (SSSR count). The number of carbonyl (C=O) groups excluding carboxylic acids is 2. The van der Waals surface area contributed by atoms with Crippen LogP contribution in [-0.2, 0) is 27.6 Å². The standard InChI is InChI=1S/C26H33N7O3/c1-4-9-20(13-28-3)16-32(15-19-10-7-6-8-11-19)26(35)25(34)30-22-14-29-24(27)21-17-33(31-23(21)22)18-36-12-5-2/h6-11,13-14,17H,4-5,12,15-16,18H2,1-3H3,(H2,27,29)(H,30,34)/b20-9+,28-13?. The number of carbonyl (C=O) groups is 2. The molecule has 10 nitrogen and oxygen atoms in total. The molecule has 3 aromatic rings. The third-order valence-corrected chi connectivity index (χ3v) is 5.28. The van der Waals surface area contributed by atoms with Crippen molar-refractivity contribution in [1.29, 1.82) is 0 Å². The second-order valence-electron chi connectivity index (χ2n) is 8.20. The highest BCUT2D eigenvalue weighted by Gasteiger charge is 2.24. The number of nitrogen functional groups attached to an aromatic ring is 1. The quantitative estimate of drug-likeness (QED) is 0.240. The van der Waals surface area contributed by atoms with Crippen molar-refractivity contribution in [2.45, 2.75) is 40.0 Å². The van der Waals surface area contributed by atoms with E-state index < -0.39 is 11.8 Å². The van der Waals surface area contributed by atoms with Crippen molar-refractivity contribution in [1.82, 2.24) is 19.7 Å². The fraction of sp³-hybridized carbons (Fsp3) is 0.346. The Hall–Kier alpha value is -4.05. The van der Waals surface area contributed by atoms with Crippen LogP contribution in [0.2, 0.25) is 0 Å². The molecular weight excluding hydrogens is 458 g/mol. The van der Waals surface area contributed by atoms with Crippen molar-refractivity contribution in [3.8, 4) is 0 Å². The highest BCUT2D eigenvalue weighted by molar-refractivity contribution is 6.40. The molecule has 0 saturated heterocycles. The van der Waals surface area contributed by atoms with Gasteiger partial charge in [-0.1, -0.05) is 50.3 Å². The molecule has 0 spiro atoms. The Morgan fingerprint density at radius 3 is 2.72 bits per heavy atom. The van der Waals surface area contributed by atoms with E-state index in [0.29, 0.717) is 23.2 Å². The van der Waals surface area contributed by atoms with E-state index in [1.54, 1.807) is 24.1 Å². The molecule has 3 N–H and O–H groups in total. The molecule has 0 atom stereocenters. The predicted molar refractivity (Wildman–Crippen MR) is 141 cm³/mol. The number of nitrogens with zero attached hydrogens (tertiary/aromatic N) is 5. The van der Waals surface area contributed by atoms with E-state index in [0.717, 1.165) is 24.0 Å². The molecule has 0 saturated carbocycles. The molecular formula is C26H33N7O3. The van der Waals surface area contributed by atoms with Crippen LogP contribution in [-0.4, -0.2) is 57.9 Å². The zero-order valence-electron chi connectivity index (χ0n) is 21.0. The smallest absolute Gasteiger partial charge is 0.314 e. The number of ether oxygens (including phenoxy) is 1. The first-order valence-electron chi connectivity index (χ1n) is 11.9. The van der Waals surface area contributed by atoms with Gasteiger partial charge in [-0.3, -0.25) is 14.6 Å². The van der Waals surface area contributed by atoms with Crippen LogP contribution < -0.4 is 11.1 Å². The summed E-state index contributed by atoms with van der Waals surface area (Å²) in [5.74, 6) is -1.20. The van der Waals surface area contributed by atoms with Crippen molar-refractivity contribution >= 4 is 40.4 Å². The van der Waals surface area contributed by atoms with Gasteiger partial charge in [-0.15, -0.1) is 0 Å². The van der Waals surface area contributed by atoms with Gasteiger partial charge in [0.15, 0.2) is 0 Å². The number of hydrogen-bond donors (Lipinski definition) is 2. The van der Waals surface area contributed by atoms with Crippen LogP contribution in [0.3, 0.4) is 0 Å². The van der Waals surface area contributed by atoms with E-state index in [1.165, 1.54) is 11.1 Å². The third kappa shape index (κ3) is 6.98. The summed E-state index contributed by atoms with van der Waals surface area (Å²) in [5, 5.41) is 7.71. The summed E-state index contributed by atoms with van der Waals surface area (Å²) in [5.41, 5.74) is 8.50. The van der Waals surface area contributed by atoms with Gasteiger partial charge in [0, 0.05) is 39.2 Å². The molecule has 10 heteroatoms. The van der Waals surface area contributed by atoms with Crippen LogP contribution in [0.25, 0.3) is 10.9 Å². The largest absolute Gasteiger partial charge is 0.383 e. The summed E-state index contributed by atoms with van der Waals surface area (Å²) < 4.78 is 7.12. The fourth-order valence-corrected chi connectivity index (χ4v) is 3.66. The van der Waals surface area contributed by atoms with Gasteiger partial charge in [-0.25, -0.2) is 9.67 Å². The van der Waals surface area contributed by atoms with Gasteiger partial charge in [-0.2, -0.15) is 5.10 Å². The first-order valence-corrected chi connectivity index (χ1v) is 11.9. The lowest BCUT2D eigenvalue weighted by molar-refractivity contribution is -0.143. The average molecular weight is 492 g/mol. The number of nitrogens with one attached hydrogen (secondary N) is 1. The predicted octanol–water partition coefficient (Wildman–Crippen LogP) is 3.40. The molecule has 2 aromatic heterocycles. The molecule has 0 bridgehead atoms. The van der Waals surface area contributed by atoms with Gasteiger partial charge in [0.25, 0.3) is 0 Å². The molecule has 0 unspecified atom stereocenters. The minimum Gasteiger partial charge on any atom is -0.383 e. The number of nitrogens with two attached hydrogens (primary N) is 1. The number of rotatable bonds is 11. The maximum atomic E-state index is 13.3. The normalized spacial score (nSPS) is 11.8. The topological polar surface area (TPSA) is 128 Å². The van der Waals surface area contributed by atoms with Crippen molar-refractivity contribution < 1.29 is 14.3 Å². The number of aromatic nitrogens is 3. The van der Waals surface area contributed by atoms with Crippen LogP contribution in [0, 0.1) is 0 Å². The molecule has 0 aliphatic rings. The average Bonchev–Trinajstić information content (AvgIpc) is 3.31. The number of benzene rings is 1. The van der Waals surface area contributed by atoms with Crippen molar-refractivity contribution in [3.63, 3.8) is 0 Å². The Morgan fingerprint density at radius 1 is 1.25 bits per heavy atom. The van der Waals surface area contributed by atoms with Gasteiger partial charge >= 0.3 is 11.8 Å². The Kier molecular flexibility index (Phi) is 9.70. The number of anilines is 2. The summed E-state index contributed by atoms with van der Waals surface area (Å²) in [4.78, 5) is 36.2. The first-order chi connectivity index (χ1) is 17.5. The monoisotopic (exact) mass is 491 g/mol. The van der Waals surface area contributed by atoms with Crippen molar-refractivity contribution in [2.24, 2.45) is 4.99 Å².